The number of nitrogens with one attached hydrogen (secondary N) is 1. The van der Waals surface area contributed by atoms with E-state index in [4.69, 9.17) is 4.74 Å². The van der Waals surface area contributed by atoms with Crippen LogP contribution < -0.4 is 10.1 Å². The molecule has 0 aliphatic carbocycles. The Hall–Kier alpha value is -3.51. The van der Waals surface area contributed by atoms with E-state index in [0.29, 0.717) is 17.9 Å². The minimum absolute atomic E-state index is 0.159. The van der Waals surface area contributed by atoms with Crippen molar-refractivity contribution in [1.29, 1.82) is 0 Å². The molecule has 6 heteroatoms. The normalized spacial score (nSPS) is 10.7. The number of carbonyl (C=O) groups is 1. The van der Waals surface area contributed by atoms with Crippen LogP contribution in [0.15, 0.2) is 66.9 Å². The van der Waals surface area contributed by atoms with Crippen molar-refractivity contribution in [3.8, 4) is 16.2 Å². The molecule has 4 rings (SSSR count). The van der Waals surface area contributed by atoms with Crippen molar-refractivity contribution in [1.82, 2.24) is 9.97 Å². The second kappa shape index (κ2) is 9.10. The summed E-state index contributed by atoms with van der Waals surface area (Å²) in [5, 5.41) is 4.07. The van der Waals surface area contributed by atoms with Crippen LogP contribution in [-0.4, -0.2) is 15.9 Å². The molecule has 0 fully saturated rings. The number of rotatable bonds is 6. The first-order valence-electron chi connectivity index (χ1n) is 9.99. The molecule has 156 valence electrons. The molecule has 0 bridgehead atoms. The van der Waals surface area contributed by atoms with Gasteiger partial charge in [-0.2, -0.15) is 0 Å². The summed E-state index contributed by atoms with van der Waals surface area (Å²) in [5.41, 5.74) is 5.28. The van der Waals surface area contributed by atoms with Crippen LogP contribution in [0.2, 0.25) is 0 Å². The summed E-state index contributed by atoms with van der Waals surface area (Å²) in [7, 11) is 0. The van der Waals surface area contributed by atoms with E-state index in [0.717, 1.165) is 38.1 Å². The van der Waals surface area contributed by atoms with Gasteiger partial charge in [0.25, 0.3) is 5.91 Å². The first kappa shape index (κ1) is 20.8. The SMILES string of the molecule is Cc1nc(C)c(-c2ccc(C)c(NC(=O)c3ccc(OCc4ccccn4)cc3)c2)s1. The van der Waals surface area contributed by atoms with Crippen LogP contribution in [0.4, 0.5) is 5.69 Å². The number of pyridine rings is 1. The van der Waals surface area contributed by atoms with Crippen molar-refractivity contribution in [3.05, 3.63) is 94.4 Å². The molecule has 0 unspecified atom stereocenters. The molecule has 5 nitrogen and oxygen atoms in total. The third-order valence-electron chi connectivity index (χ3n) is 4.88. The van der Waals surface area contributed by atoms with E-state index in [1.807, 2.05) is 51.1 Å². The molecule has 31 heavy (non-hydrogen) atoms. The number of ether oxygens (including phenoxy) is 1. The topological polar surface area (TPSA) is 64.1 Å². The van der Waals surface area contributed by atoms with E-state index in [9.17, 15) is 4.79 Å². The molecule has 1 amide bonds. The number of aryl methyl sites for hydroxylation is 3. The smallest absolute Gasteiger partial charge is 0.255 e. The van der Waals surface area contributed by atoms with Gasteiger partial charge in [0.05, 0.1) is 21.3 Å². The Bertz CT molecular complexity index is 1200. The van der Waals surface area contributed by atoms with Crippen molar-refractivity contribution in [2.24, 2.45) is 0 Å². The minimum Gasteiger partial charge on any atom is -0.487 e. The quantitative estimate of drug-likeness (QED) is 0.411. The Morgan fingerprint density at radius 3 is 2.52 bits per heavy atom. The van der Waals surface area contributed by atoms with Gasteiger partial charge in [0.1, 0.15) is 12.4 Å². The van der Waals surface area contributed by atoms with E-state index >= 15 is 0 Å². The monoisotopic (exact) mass is 429 g/mol. The lowest BCUT2D eigenvalue weighted by Gasteiger charge is -2.11. The second-order valence-corrected chi connectivity index (χ2v) is 8.47. The summed E-state index contributed by atoms with van der Waals surface area (Å²) in [6, 6.07) is 18.9. The highest BCUT2D eigenvalue weighted by atomic mass is 32.1. The van der Waals surface area contributed by atoms with E-state index in [-0.39, 0.29) is 5.91 Å². The standard InChI is InChI=1S/C25H23N3O2S/c1-16-7-8-20(24-17(2)27-18(3)31-24)14-23(16)28-25(29)19-9-11-22(12-10-19)30-15-21-6-4-5-13-26-21/h4-14H,15H2,1-3H3,(H,28,29). The number of carbonyl (C=O) groups excluding carboxylic acids is 1. The maximum Gasteiger partial charge on any atom is 0.255 e. The zero-order valence-electron chi connectivity index (χ0n) is 17.7. The molecule has 0 radical (unpaired) electrons. The number of anilines is 1. The maximum absolute atomic E-state index is 12.8. The Morgan fingerprint density at radius 2 is 1.84 bits per heavy atom. The molecular formula is C25H23N3O2S. The molecular weight excluding hydrogens is 406 g/mol. The first-order valence-corrected chi connectivity index (χ1v) is 10.8. The average molecular weight is 430 g/mol. The molecule has 2 heterocycles. The predicted molar refractivity (Wildman–Crippen MR) is 125 cm³/mol. The van der Waals surface area contributed by atoms with Crippen LogP contribution in [-0.2, 0) is 6.61 Å². The fourth-order valence-electron chi connectivity index (χ4n) is 3.23. The zero-order chi connectivity index (χ0) is 21.8. The number of aromatic nitrogens is 2. The number of benzene rings is 2. The van der Waals surface area contributed by atoms with Crippen LogP contribution in [0.3, 0.4) is 0 Å². The number of hydrogen-bond acceptors (Lipinski definition) is 5. The Morgan fingerprint density at radius 1 is 1.03 bits per heavy atom. The molecule has 0 saturated carbocycles. The van der Waals surface area contributed by atoms with Gasteiger partial charge in [-0.25, -0.2) is 4.98 Å². The Kier molecular flexibility index (Phi) is 6.09. The summed E-state index contributed by atoms with van der Waals surface area (Å²) >= 11 is 1.66. The fraction of sp³-hybridized carbons (Fsp3) is 0.160. The van der Waals surface area contributed by atoms with Gasteiger partial charge in [0.15, 0.2) is 0 Å². The highest BCUT2D eigenvalue weighted by Crippen LogP contribution is 2.32. The van der Waals surface area contributed by atoms with Crippen molar-refractivity contribution in [3.63, 3.8) is 0 Å². The van der Waals surface area contributed by atoms with Gasteiger partial charge in [-0.3, -0.25) is 9.78 Å². The Labute approximate surface area is 185 Å². The molecule has 0 atom stereocenters. The molecule has 1 N–H and O–H groups in total. The van der Waals surface area contributed by atoms with Gasteiger partial charge >= 0.3 is 0 Å². The minimum atomic E-state index is -0.159. The van der Waals surface area contributed by atoms with Crippen molar-refractivity contribution < 1.29 is 9.53 Å². The van der Waals surface area contributed by atoms with Gasteiger partial charge in [-0.15, -0.1) is 11.3 Å². The summed E-state index contributed by atoms with van der Waals surface area (Å²) in [5.74, 6) is 0.533. The fourth-order valence-corrected chi connectivity index (χ4v) is 4.15. The lowest BCUT2D eigenvalue weighted by atomic mass is 10.1. The van der Waals surface area contributed by atoms with E-state index < -0.39 is 0 Å². The van der Waals surface area contributed by atoms with Crippen LogP contribution in [0.25, 0.3) is 10.4 Å². The van der Waals surface area contributed by atoms with Gasteiger partial charge in [-0.1, -0.05) is 18.2 Å². The number of nitrogens with zero attached hydrogens (tertiary/aromatic N) is 2. The first-order chi connectivity index (χ1) is 15.0. The molecule has 0 spiro atoms. The molecule has 2 aromatic heterocycles. The van der Waals surface area contributed by atoms with E-state index in [2.05, 4.69) is 21.4 Å². The van der Waals surface area contributed by atoms with Gasteiger partial charge < -0.3 is 10.1 Å². The molecule has 0 aliphatic rings. The van der Waals surface area contributed by atoms with Gasteiger partial charge in [-0.05, 0) is 74.4 Å². The zero-order valence-corrected chi connectivity index (χ0v) is 18.5. The van der Waals surface area contributed by atoms with Crippen molar-refractivity contribution in [2.45, 2.75) is 27.4 Å². The maximum atomic E-state index is 12.8. The molecule has 4 aromatic rings. The lowest BCUT2D eigenvalue weighted by molar-refractivity contribution is 0.102. The van der Waals surface area contributed by atoms with Gasteiger partial charge in [0.2, 0.25) is 0 Å². The number of hydrogen-bond donors (Lipinski definition) is 1. The van der Waals surface area contributed by atoms with Crippen molar-refractivity contribution in [2.75, 3.05) is 5.32 Å². The molecule has 0 aliphatic heterocycles. The molecule has 2 aromatic carbocycles. The van der Waals surface area contributed by atoms with Crippen LogP contribution in [0.1, 0.15) is 32.3 Å². The lowest BCUT2D eigenvalue weighted by Crippen LogP contribution is -2.12. The molecule has 0 saturated heterocycles. The van der Waals surface area contributed by atoms with Gasteiger partial charge in [0, 0.05) is 17.4 Å². The number of thiazole rings is 1. The van der Waals surface area contributed by atoms with Crippen LogP contribution in [0.5, 0.6) is 5.75 Å². The summed E-state index contributed by atoms with van der Waals surface area (Å²) < 4.78 is 5.74. The van der Waals surface area contributed by atoms with Crippen LogP contribution in [0, 0.1) is 20.8 Å². The Balaban J connectivity index is 1.45. The highest BCUT2D eigenvalue weighted by molar-refractivity contribution is 7.15. The van der Waals surface area contributed by atoms with Crippen LogP contribution >= 0.6 is 11.3 Å². The van der Waals surface area contributed by atoms with E-state index in [1.165, 1.54) is 0 Å². The highest BCUT2D eigenvalue weighted by Gasteiger charge is 2.12. The summed E-state index contributed by atoms with van der Waals surface area (Å²) in [6.07, 6.45) is 1.74. The third kappa shape index (κ3) is 4.98. The predicted octanol–water partition coefficient (Wildman–Crippen LogP) is 5.96. The largest absolute Gasteiger partial charge is 0.487 e. The second-order valence-electron chi connectivity index (χ2n) is 7.27. The number of amides is 1. The average Bonchev–Trinajstić information content (AvgIpc) is 3.12. The summed E-state index contributed by atoms with van der Waals surface area (Å²) in [6.45, 7) is 6.38. The summed E-state index contributed by atoms with van der Waals surface area (Å²) in [4.78, 5) is 22.7. The van der Waals surface area contributed by atoms with E-state index in [1.54, 1.807) is 41.8 Å². The van der Waals surface area contributed by atoms with Crippen molar-refractivity contribution >= 4 is 22.9 Å². The third-order valence-corrected chi connectivity index (χ3v) is 6.00.